The summed E-state index contributed by atoms with van der Waals surface area (Å²) in [6, 6.07) is 3.51. The molecule has 10 heteroatoms. The molecule has 1 unspecified atom stereocenters. The number of hydrogen-bond acceptors (Lipinski definition) is 5. The summed E-state index contributed by atoms with van der Waals surface area (Å²) in [6.07, 6.45) is 1.69. The number of urea groups is 1. The predicted octanol–water partition coefficient (Wildman–Crippen LogP) is 1.13. The third-order valence-electron chi connectivity index (χ3n) is 4.08. The van der Waals surface area contributed by atoms with Crippen LogP contribution < -0.4 is 5.32 Å². The minimum absolute atomic E-state index is 0.0306. The molecular formula is C14H15FN6O3. The summed E-state index contributed by atoms with van der Waals surface area (Å²) < 4.78 is 15.3. The van der Waals surface area contributed by atoms with Crippen LogP contribution in [0, 0.1) is 11.2 Å². The van der Waals surface area contributed by atoms with Gasteiger partial charge in [-0.05, 0) is 42.0 Å². The van der Waals surface area contributed by atoms with Gasteiger partial charge in [0.1, 0.15) is 12.1 Å². The van der Waals surface area contributed by atoms with Crippen LogP contribution in [0.15, 0.2) is 24.5 Å². The molecule has 1 fully saturated rings. The third-order valence-corrected chi connectivity index (χ3v) is 4.08. The number of carboxylic acids is 1. The Balaban J connectivity index is 1.75. The van der Waals surface area contributed by atoms with E-state index in [9.17, 15) is 19.1 Å². The SMILES string of the molecule is CC1(C(=O)O)CCN(C(=O)Nc2cc(-n3cnnn3)ccc2F)C1. The van der Waals surface area contributed by atoms with Crippen LogP contribution in [0.3, 0.4) is 0 Å². The highest BCUT2D eigenvalue weighted by Gasteiger charge is 2.42. The van der Waals surface area contributed by atoms with Gasteiger partial charge in [0.2, 0.25) is 0 Å². The largest absolute Gasteiger partial charge is 0.481 e. The van der Waals surface area contributed by atoms with Gasteiger partial charge in [-0.15, -0.1) is 5.10 Å². The van der Waals surface area contributed by atoms with Crippen LogP contribution in [0.5, 0.6) is 0 Å². The number of tetrazole rings is 1. The summed E-state index contributed by atoms with van der Waals surface area (Å²) in [4.78, 5) is 24.9. The van der Waals surface area contributed by atoms with Gasteiger partial charge in [-0.25, -0.2) is 13.9 Å². The number of anilines is 1. The molecule has 2 heterocycles. The first-order chi connectivity index (χ1) is 11.4. The number of carbonyl (C=O) groups excluding carboxylic acids is 1. The number of aliphatic carboxylic acids is 1. The van der Waals surface area contributed by atoms with Crippen LogP contribution in [0.4, 0.5) is 14.9 Å². The molecule has 24 heavy (non-hydrogen) atoms. The van der Waals surface area contributed by atoms with Crippen molar-refractivity contribution in [2.24, 2.45) is 5.41 Å². The van der Waals surface area contributed by atoms with Crippen molar-refractivity contribution in [1.29, 1.82) is 0 Å². The number of hydrogen-bond donors (Lipinski definition) is 2. The Labute approximate surface area is 136 Å². The minimum Gasteiger partial charge on any atom is -0.481 e. The van der Waals surface area contributed by atoms with Crippen molar-refractivity contribution < 1.29 is 19.1 Å². The van der Waals surface area contributed by atoms with E-state index in [2.05, 4.69) is 20.8 Å². The summed E-state index contributed by atoms with van der Waals surface area (Å²) in [5.74, 6) is -1.56. The van der Waals surface area contributed by atoms with E-state index in [4.69, 9.17) is 0 Å². The van der Waals surface area contributed by atoms with E-state index in [0.29, 0.717) is 18.7 Å². The Hall–Kier alpha value is -3.04. The molecule has 0 bridgehead atoms. The maximum Gasteiger partial charge on any atom is 0.321 e. The molecular weight excluding hydrogens is 319 g/mol. The molecule has 0 spiro atoms. The van der Waals surface area contributed by atoms with Gasteiger partial charge in [-0.1, -0.05) is 0 Å². The second-order valence-corrected chi connectivity index (χ2v) is 5.89. The molecule has 126 valence electrons. The zero-order valence-corrected chi connectivity index (χ0v) is 12.8. The highest BCUT2D eigenvalue weighted by molar-refractivity contribution is 5.90. The second-order valence-electron chi connectivity index (χ2n) is 5.89. The van der Waals surface area contributed by atoms with E-state index >= 15 is 0 Å². The number of nitrogens with one attached hydrogen (secondary N) is 1. The molecule has 1 aromatic carbocycles. The normalized spacial score (nSPS) is 20.2. The lowest BCUT2D eigenvalue weighted by molar-refractivity contribution is -0.146. The smallest absolute Gasteiger partial charge is 0.321 e. The number of aromatic nitrogens is 4. The summed E-state index contributed by atoms with van der Waals surface area (Å²) in [5.41, 5.74) is -0.533. The Morgan fingerprint density at radius 2 is 2.21 bits per heavy atom. The summed E-state index contributed by atoms with van der Waals surface area (Å²) >= 11 is 0. The fourth-order valence-corrected chi connectivity index (χ4v) is 2.53. The molecule has 1 saturated heterocycles. The number of rotatable bonds is 3. The molecule has 0 aliphatic carbocycles. The molecule has 2 N–H and O–H groups in total. The lowest BCUT2D eigenvalue weighted by Gasteiger charge is -2.20. The van der Waals surface area contributed by atoms with Crippen molar-refractivity contribution in [1.82, 2.24) is 25.1 Å². The number of amides is 2. The van der Waals surface area contributed by atoms with Gasteiger partial charge in [0.25, 0.3) is 0 Å². The van der Waals surface area contributed by atoms with Gasteiger partial charge in [0.05, 0.1) is 16.8 Å². The summed E-state index contributed by atoms with van der Waals surface area (Å²) in [7, 11) is 0. The van der Waals surface area contributed by atoms with E-state index in [-0.39, 0.29) is 12.2 Å². The van der Waals surface area contributed by atoms with Gasteiger partial charge in [0.15, 0.2) is 0 Å². The van der Waals surface area contributed by atoms with Crippen molar-refractivity contribution in [3.63, 3.8) is 0 Å². The monoisotopic (exact) mass is 334 g/mol. The number of nitrogens with zero attached hydrogens (tertiary/aromatic N) is 5. The molecule has 0 radical (unpaired) electrons. The highest BCUT2D eigenvalue weighted by atomic mass is 19.1. The van der Waals surface area contributed by atoms with Crippen LogP contribution >= 0.6 is 0 Å². The van der Waals surface area contributed by atoms with E-state index in [1.54, 1.807) is 6.92 Å². The quantitative estimate of drug-likeness (QED) is 0.870. The fraction of sp³-hybridized carbons (Fsp3) is 0.357. The molecule has 9 nitrogen and oxygen atoms in total. The van der Waals surface area contributed by atoms with Crippen LogP contribution in [0.2, 0.25) is 0 Å². The first kappa shape index (κ1) is 15.8. The predicted molar refractivity (Wildman–Crippen MR) is 80.1 cm³/mol. The number of benzene rings is 1. The van der Waals surface area contributed by atoms with Crippen LogP contribution in [0.1, 0.15) is 13.3 Å². The first-order valence-corrected chi connectivity index (χ1v) is 7.21. The van der Waals surface area contributed by atoms with Gasteiger partial charge < -0.3 is 15.3 Å². The maximum absolute atomic E-state index is 14.0. The molecule has 2 amide bonds. The minimum atomic E-state index is -0.982. The standard InChI is InChI=1S/C14H15FN6O3/c1-14(12(22)23)4-5-20(7-14)13(24)17-11-6-9(2-3-10(11)15)21-8-16-18-19-21/h2-3,6,8H,4-5,7H2,1H3,(H,17,24)(H,22,23). The summed E-state index contributed by atoms with van der Waals surface area (Å²) in [5, 5.41) is 22.4. The van der Waals surface area contributed by atoms with Gasteiger partial charge >= 0.3 is 12.0 Å². The number of halogens is 1. The highest BCUT2D eigenvalue weighted by Crippen LogP contribution is 2.30. The fourth-order valence-electron chi connectivity index (χ4n) is 2.53. The molecule has 0 saturated carbocycles. The van der Waals surface area contributed by atoms with Crippen LogP contribution in [-0.4, -0.2) is 55.3 Å². The van der Waals surface area contributed by atoms with Crippen LogP contribution in [0.25, 0.3) is 5.69 Å². The molecule has 1 aliphatic rings. The van der Waals surface area contributed by atoms with E-state index < -0.39 is 23.2 Å². The maximum atomic E-state index is 14.0. The zero-order chi connectivity index (χ0) is 17.3. The summed E-state index contributed by atoms with van der Waals surface area (Å²) in [6.45, 7) is 1.95. The lowest BCUT2D eigenvalue weighted by atomic mass is 9.90. The Morgan fingerprint density at radius 3 is 2.83 bits per heavy atom. The van der Waals surface area contributed by atoms with E-state index in [0.717, 1.165) is 0 Å². The zero-order valence-electron chi connectivity index (χ0n) is 12.8. The van der Waals surface area contributed by atoms with E-state index in [1.807, 2.05) is 0 Å². The van der Waals surface area contributed by atoms with E-state index in [1.165, 1.54) is 34.1 Å². The van der Waals surface area contributed by atoms with Gasteiger partial charge in [-0.2, -0.15) is 0 Å². The molecule has 3 rings (SSSR count). The molecule has 1 aliphatic heterocycles. The molecule has 1 atom stereocenters. The first-order valence-electron chi connectivity index (χ1n) is 7.21. The Morgan fingerprint density at radius 1 is 1.42 bits per heavy atom. The van der Waals surface area contributed by atoms with Crippen molar-refractivity contribution in [2.75, 3.05) is 18.4 Å². The number of likely N-dealkylation sites (tertiary alicyclic amines) is 1. The average Bonchev–Trinajstić information content (AvgIpc) is 3.20. The van der Waals surface area contributed by atoms with Gasteiger partial charge in [-0.3, -0.25) is 4.79 Å². The molecule has 1 aromatic heterocycles. The van der Waals surface area contributed by atoms with Crippen molar-refractivity contribution in [2.45, 2.75) is 13.3 Å². The van der Waals surface area contributed by atoms with Crippen molar-refractivity contribution in [3.05, 3.63) is 30.3 Å². The van der Waals surface area contributed by atoms with Crippen molar-refractivity contribution >= 4 is 17.7 Å². The second kappa shape index (κ2) is 5.87. The molecule has 2 aromatic rings. The van der Waals surface area contributed by atoms with Crippen molar-refractivity contribution in [3.8, 4) is 5.69 Å². The van der Waals surface area contributed by atoms with Gasteiger partial charge in [0, 0.05) is 13.1 Å². The third kappa shape index (κ3) is 2.90. The topological polar surface area (TPSA) is 113 Å². The Bertz CT molecular complexity index is 781. The number of carbonyl (C=O) groups is 2. The van der Waals surface area contributed by atoms with Crippen LogP contribution in [-0.2, 0) is 4.79 Å². The average molecular weight is 334 g/mol. The number of carboxylic acid groups (broad SMARTS) is 1. The lowest BCUT2D eigenvalue weighted by Crippen LogP contribution is -2.37. The Kier molecular flexibility index (Phi) is 3.87.